The summed E-state index contributed by atoms with van der Waals surface area (Å²) in [7, 11) is 0. The van der Waals surface area contributed by atoms with Crippen LogP contribution in [0.15, 0.2) is 29.3 Å². The van der Waals surface area contributed by atoms with E-state index >= 15 is 0 Å². The number of aliphatic imine (C=N–C) groups is 1. The second kappa shape index (κ2) is 4.37. The fourth-order valence-electron chi connectivity index (χ4n) is 1.29. The van der Waals surface area contributed by atoms with Gasteiger partial charge in [0.1, 0.15) is 0 Å². The van der Waals surface area contributed by atoms with E-state index in [9.17, 15) is 0 Å². The Balaban J connectivity index is 2.06. The van der Waals surface area contributed by atoms with Crippen molar-refractivity contribution < 1.29 is 0 Å². The van der Waals surface area contributed by atoms with Crippen molar-refractivity contribution in [2.75, 3.05) is 11.1 Å². The van der Waals surface area contributed by atoms with Crippen LogP contribution in [0.3, 0.4) is 0 Å². The second-order valence-electron chi connectivity index (χ2n) is 3.41. The molecule has 0 aromatic heterocycles. The fourth-order valence-corrected chi connectivity index (χ4v) is 2.21. The number of nitriles is 1. The third kappa shape index (κ3) is 2.51. The van der Waals surface area contributed by atoms with Gasteiger partial charge in [0.05, 0.1) is 17.7 Å². The molecule has 0 bridgehead atoms. The molecule has 1 N–H and O–H groups in total. The van der Waals surface area contributed by atoms with Crippen LogP contribution in [0.4, 0.5) is 5.69 Å². The van der Waals surface area contributed by atoms with Crippen molar-refractivity contribution in [2.45, 2.75) is 13.0 Å². The number of hydrogen-bond donors (Lipinski definition) is 1. The van der Waals surface area contributed by atoms with Crippen LogP contribution in [0.25, 0.3) is 0 Å². The van der Waals surface area contributed by atoms with Gasteiger partial charge in [-0.05, 0) is 31.2 Å². The van der Waals surface area contributed by atoms with E-state index in [0.717, 1.165) is 16.6 Å². The average molecular weight is 217 g/mol. The lowest BCUT2D eigenvalue weighted by Crippen LogP contribution is -2.04. The van der Waals surface area contributed by atoms with E-state index in [-0.39, 0.29) is 0 Å². The number of rotatable bonds is 1. The number of hydrogen-bond acceptors (Lipinski definition) is 4. The molecule has 3 nitrogen and oxygen atoms in total. The van der Waals surface area contributed by atoms with Gasteiger partial charge < -0.3 is 5.32 Å². The molecular weight excluding hydrogens is 206 g/mol. The monoisotopic (exact) mass is 217 g/mol. The van der Waals surface area contributed by atoms with Crippen molar-refractivity contribution in [3.8, 4) is 6.07 Å². The molecule has 2 rings (SSSR count). The molecule has 76 valence electrons. The molecule has 0 radical (unpaired) electrons. The Morgan fingerprint density at radius 2 is 2.20 bits per heavy atom. The summed E-state index contributed by atoms with van der Waals surface area (Å²) in [4.78, 5) is 4.43. The first-order valence-electron chi connectivity index (χ1n) is 4.76. The van der Waals surface area contributed by atoms with E-state index in [0.29, 0.717) is 11.6 Å². The lowest BCUT2D eigenvalue weighted by Gasteiger charge is -2.03. The van der Waals surface area contributed by atoms with Gasteiger partial charge in [0.2, 0.25) is 0 Å². The molecule has 0 fully saturated rings. The molecule has 1 aliphatic rings. The molecule has 1 aliphatic heterocycles. The molecule has 0 saturated heterocycles. The average Bonchev–Trinajstić information content (AvgIpc) is 2.65. The molecular formula is C11H11N3S. The van der Waals surface area contributed by atoms with Crippen molar-refractivity contribution in [1.29, 1.82) is 5.26 Å². The number of amidine groups is 1. The SMILES string of the molecule is CC1CSC(Nc2ccc(C#N)cc2)=N1. The molecule has 0 aliphatic carbocycles. The first-order chi connectivity index (χ1) is 7.28. The highest BCUT2D eigenvalue weighted by atomic mass is 32.2. The lowest BCUT2D eigenvalue weighted by molar-refractivity contribution is 0.865. The van der Waals surface area contributed by atoms with Crippen LogP contribution in [0.5, 0.6) is 0 Å². The predicted octanol–water partition coefficient (Wildman–Crippen LogP) is 2.46. The van der Waals surface area contributed by atoms with Gasteiger partial charge in [0, 0.05) is 11.4 Å². The summed E-state index contributed by atoms with van der Waals surface area (Å²) >= 11 is 1.73. The standard InChI is InChI=1S/C11H11N3S/c1-8-7-15-11(13-8)14-10-4-2-9(6-12)3-5-10/h2-5,8H,7H2,1H3,(H,13,14). The van der Waals surface area contributed by atoms with Crippen LogP contribution >= 0.6 is 11.8 Å². The highest BCUT2D eigenvalue weighted by Crippen LogP contribution is 2.19. The minimum atomic E-state index is 0.399. The normalized spacial score (nSPS) is 19.5. The van der Waals surface area contributed by atoms with Gasteiger partial charge in [-0.2, -0.15) is 5.26 Å². The summed E-state index contributed by atoms with van der Waals surface area (Å²) in [5, 5.41) is 12.8. The third-order valence-electron chi connectivity index (χ3n) is 2.06. The van der Waals surface area contributed by atoms with Gasteiger partial charge in [-0.25, -0.2) is 0 Å². The van der Waals surface area contributed by atoms with E-state index in [1.165, 1.54) is 0 Å². The molecule has 1 heterocycles. The maximum Gasteiger partial charge on any atom is 0.161 e. The van der Waals surface area contributed by atoms with Crippen LogP contribution in [0.2, 0.25) is 0 Å². The molecule has 4 heteroatoms. The van der Waals surface area contributed by atoms with Gasteiger partial charge in [-0.3, -0.25) is 4.99 Å². The maximum absolute atomic E-state index is 8.65. The molecule has 1 aromatic carbocycles. The Morgan fingerprint density at radius 1 is 1.47 bits per heavy atom. The molecule has 0 saturated carbocycles. The number of thioether (sulfide) groups is 1. The minimum absolute atomic E-state index is 0.399. The quantitative estimate of drug-likeness (QED) is 0.786. The fraction of sp³-hybridized carbons (Fsp3) is 0.273. The van der Waals surface area contributed by atoms with E-state index in [4.69, 9.17) is 5.26 Å². The second-order valence-corrected chi connectivity index (χ2v) is 4.42. The highest BCUT2D eigenvalue weighted by molar-refractivity contribution is 8.14. The van der Waals surface area contributed by atoms with Gasteiger partial charge in [0.15, 0.2) is 5.17 Å². The van der Waals surface area contributed by atoms with Gasteiger partial charge in [-0.1, -0.05) is 11.8 Å². The van der Waals surface area contributed by atoms with Crippen LogP contribution < -0.4 is 5.32 Å². The van der Waals surface area contributed by atoms with E-state index in [1.807, 2.05) is 12.1 Å². The van der Waals surface area contributed by atoms with Crippen LogP contribution in [-0.2, 0) is 0 Å². The van der Waals surface area contributed by atoms with Crippen molar-refractivity contribution in [2.24, 2.45) is 4.99 Å². The third-order valence-corrected chi connectivity index (χ3v) is 3.19. The Labute approximate surface area is 93.2 Å². The van der Waals surface area contributed by atoms with E-state index in [2.05, 4.69) is 23.3 Å². The summed E-state index contributed by atoms with van der Waals surface area (Å²) < 4.78 is 0. The number of benzene rings is 1. The van der Waals surface area contributed by atoms with E-state index in [1.54, 1.807) is 23.9 Å². The zero-order valence-electron chi connectivity index (χ0n) is 8.40. The Kier molecular flexibility index (Phi) is 2.93. The molecule has 0 spiro atoms. The van der Waals surface area contributed by atoms with Gasteiger partial charge in [0.25, 0.3) is 0 Å². The minimum Gasteiger partial charge on any atom is -0.335 e. The Bertz CT molecular complexity index is 416. The van der Waals surface area contributed by atoms with E-state index < -0.39 is 0 Å². The largest absolute Gasteiger partial charge is 0.335 e. The molecule has 15 heavy (non-hydrogen) atoms. The molecule has 1 aromatic rings. The molecule has 1 unspecified atom stereocenters. The van der Waals surface area contributed by atoms with Crippen molar-refractivity contribution in [1.82, 2.24) is 0 Å². The Morgan fingerprint density at radius 3 is 2.73 bits per heavy atom. The molecule has 1 atom stereocenters. The summed E-state index contributed by atoms with van der Waals surface area (Å²) in [5.41, 5.74) is 1.66. The van der Waals surface area contributed by atoms with Gasteiger partial charge in [-0.15, -0.1) is 0 Å². The maximum atomic E-state index is 8.65. The zero-order valence-corrected chi connectivity index (χ0v) is 9.21. The van der Waals surface area contributed by atoms with Crippen LogP contribution in [-0.4, -0.2) is 17.0 Å². The summed E-state index contributed by atoms with van der Waals surface area (Å²) in [6, 6.07) is 9.87. The smallest absolute Gasteiger partial charge is 0.161 e. The topological polar surface area (TPSA) is 48.2 Å². The number of nitrogens with zero attached hydrogens (tertiary/aromatic N) is 2. The highest BCUT2D eigenvalue weighted by Gasteiger charge is 2.13. The first kappa shape index (κ1) is 10.1. The zero-order chi connectivity index (χ0) is 10.7. The predicted molar refractivity (Wildman–Crippen MR) is 64.1 cm³/mol. The lowest BCUT2D eigenvalue weighted by atomic mass is 10.2. The van der Waals surface area contributed by atoms with Gasteiger partial charge >= 0.3 is 0 Å². The number of anilines is 1. The van der Waals surface area contributed by atoms with Crippen LogP contribution in [0, 0.1) is 11.3 Å². The van der Waals surface area contributed by atoms with Crippen molar-refractivity contribution in [3.05, 3.63) is 29.8 Å². The molecule has 0 amide bonds. The van der Waals surface area contributed by atoms with Crippen molar-refractivity contribution in [3.63, 3.8) is 0 Å². The summed E-state index contributed by atoms with van der Waals surface area (Å²) in [6.07, 6.45) is 0. The summed E-state index contributed by atoms with van der Waals surface area (Å²) in [6.45, 7) is 2.10. The summed E-state index contributed by atoms with van der Waals surface area (Å²) in [5.74, 6) is 1.04. The Hall–Kier alpha value is -1.47. The first-order valence-corrected chi connectivity index (χ1v) is 5.74. The van der Waals surface area contributed by atoms with Crippen LogP contribution in [0.1, 0.15) is 12.5 Å². The number of nitrogens with one attached hydrogen (secondary N) is 1. The van der Waals surface area contributed by atoms with Crippen molar-refractivity contribution >= 4 is 22.6 Å².